The van der Waals surface area contributed by atoms with E-state index >= 15 is 0 Å². The van der Waals surface area contributed by atoms with Crippen LogP contribution in [0, 0.1) is 10.1 Å². The Morgan fingerprint density at radius 3 is 2.37 bits per heavy atom. The zero-order valence-electron chi connectivity index (χ0n) is 17.0. The lowest BCUT2D eigenvalue weighted by atomic mass is 10.1. The average molecular weight is 418 g/mol. The molecule has 0 saturated carbocycles. The van der Waals surface area contributed by atoms with Crippen molar-refractivity contribution in [1.82, 2.24) is 5.32 Å². The number of hydrogen-bond acceptors (Lipinski definition) is 8. The summed E-state index contributed by atoms with van der Waals surface area (Å²) in [5.41, 5.74) is 0.242. The van der Waals surface area contributed by atoms with Gasteiger partial charge in [0.15, 0.2) is 12.4 Å². The second kappa shape index (κ2) is 10.1. The Morgan fingerprint density at radius 2 is 1.77 bits per heavy atom. The number of amides is 1. The molecule has 0 heterocycles. The lowest BCUT2D eigenvalue weighted by Crippen LogP contribution is -2.31. The summed E-state index contributed by atoms with van der Waals surface area (Å²) in [7, 11) is 4.21. The first-order valence-corrected chi connectivity index (χ1v) is 8.81. The number of carbonyl (C=O) groups excluding carboxylic acids is 2. The molecule has 10 nitrogen and oxygen atoms in total. The van der Waals surface area contributed by atoms with Gasteiger partial charge in [0.25, 0.3) is 5.91 Å². The standard InChI is InChI=1S/C20H22N2O8/c1-12(15-10-14(27-2)6-8-17(15)28-3)21-19(23)11-30-18-7-5-13(20(24)29-4)9-16(18)22(25)26/h5-10,12H,11H2,1-4H3,(H,21,23)/t12-/m0/s1. The molecule has 0 unspecified atom stereocenters. The van der Waals surface area contributed by atoms with Gasteiger partial charge in [0, 0.05) is 11.6 Å². The molecule has 0 fully saturated rings. The van der Waals surface area contributed by atoms with E-state index in [4.69, 9.17) is 14.2 Å². The molecule has 1 atom stereocenters. The smallest absolute Gasteiger partial charge is 0.338 e. The van der Waals surface area contributed by atoms with E-state index in [9.17, 15) is 19.7 Å². The fourth-order valence-electron chi connectivity index (χ4n) is 2.71. The molecule has 0 aliphatic heterocycles. The minimum absolute atomic E-state index is 0.000237. The molecule has 0 spiro atoms. The number of nitro groups is 1. The summed E-state index contributed by atoms with van der Waals surface area (Å²) in [6.07, 6.45) is 0. The third-order valence-electron chi connectivity index (χ3n) is 4.22. The van der Waals surface area contributed by atoms with E-state index in [1.165, 1.54) is 33.5 Å². The van der Waals surface area contributed by atoms with Gasteiger partial charge in [-0.1, -0.05) is 0 Å². The maximum Gasteiger partial charge on any atom is 0.338 e. The number of benzene rings is 2. The molecule has 0 aromatic heterocycles. The Morgan fingerprint density at radius 1 is 1.07 bits per heavy atom. The van der Waals surface area contributed by atoms with E-state index in [1.54, 1.807) is 25.1 Å². The van der Waals surface area contributed by atoms with Crippen LogP contribution in [0.5, 0.6) is 17.2 Å². The molecular formula is C20H22N2O8. The highest BCUT2D eigenvalue weighted by molar-refractivity contribution is 5.90. The van der Waals surface area contributed by atoms with E-state index in [2.05, 4.69) is 10.1 Å². The number of esters is 1. The summed E-state index contributed by atoms with van der Waals surface area (Å²) in [6, 6.07) is 8.34. The van der Waals surface area contributed by atoms with Crippen LogP contribution in [0.3, 0.4) is 0 Å². The summed E-state index contributed by atoms with van der Waals surface area (Å²) >= 11 is 0. The molecule has 30 heavy (non-hydrogen) atoms. The molecule has 10 heteroatoms. The van der Waals surface area contributed by atoms with Crippen LogP contribution in [0.25, 0.3) is 0 Å². The van der Waals surface area contributed by atoms with E-state index in [0.29, 0.717) is 17.1 Å². The molecular weight excluding hydrogens is 396 g/mol. The molecule has 0 aliphatic carbocycles. The topological polar surface area (TPSA) is 126 Å². The molecule has 2 rings (SSSR count). The highest BCUT2D eigenvalue weighted by atomic mass is 16.6. The summed E-state index contributed by atoms with van der Waals surface area (Å²) in [4.78, 5) is 34.4. The Labute approximate surface area is 172 Å². The largest absolute Gasteiger partial charge is 0.497 e. The number of nitrogens with one attached hydrogen (secondary N) is 1. The van der Waals surface area contributed by atoms with E-state index < -0.39 is 35.1 Å². The van der Waals surface area contributed by atoms with Gasteiger partial charge in [0.2, 0.25) is 0 Å². The van der Waals surface area contributed by atoms with E-state index in [-0.39, 0.29) is 11.3 Å². The van der Waals surface area contributed by atoms with Crippen molar-refractivity contribution >= 4 is 17.6 Å². The van der Waals surface area contributed by atoms with Crippen molar-refractivity contribution in [1.29, 1.82) is 0 Å². The van der Waals surface area contributed by atoms with Crippen LogP contribution < -0.4 is 19.5 Å². The highest BCUT2D eigenvalue weighted by Crippen LogP contribution is 2.30. The summed E-state index contributed by atoms with van der Waals surface area (Å²) < 4.78 is 20.4. The molecule has 2 aromatic carbocycles. The second-order valence-electron chi connectivity index (χ2n) is 6.12. The summed E-state index contributed by atoms with van der Waals surface area (Å²) in [6.45, 7) is 1.29. The second-order valence-corrected chi connectivity index (χ2v) is 6.12. The number of nitrogens with zero attached hydrogens (tertiary/aromatic N) is 1. The average Bonchev–Trinajstić information content (AvgIpc) is 2.76. The lowest BCUT2D eigenvalue weighted by molar-refractivity contribution is -0.385. The zero-order valence-corrected chi connectivity index (χ0v) is 17.0. The molecule has 0 saturated heterocycles. The van der Waals surface area contributed by atoms with Crippen molar-refractivity contribution in [3.63, 3.8) is 0 Å². The number of nitro benzene ring substituents is 1. The summed E-state index contributed by atoms with van der Waals surface area (Å²) in [5, 5.41) is 14.0. The third-order valence-corrected chi connectivity index (χ3v) is 4.22. The number of hydrogen-bond donors (Lipinski definition) is 1. The van der Waals surface area contributed by atoms with Crippen LogP contribution in [-0.4, -0.2) is 44.7 Å². The minimum atomic E-state index is -0.719. The fourth-order valence-corrected chi connectivity index (χ4v) is 2.71. The summed E-state index contributed by atoms with van der Waals surface area (Å²) in [5.74, 6) is -0.195. The molecule has 160 valence electrons. The Kier molecular flexibility index (Phi) is 7.56. The third kappa shape index (κ3) is 5.37. The monoisotopic (exact) mass is 418 g/mol. The quantitative estimate of drug-likeness (QED) is 0.374. The van der Waals surface area contributed by atoms with Crippen LogP contribution in [-0.2, 0) is 9.53 Å². The molecule has 0 radical (unpaired) electrons. The van der Waals surface area contributed by atoms with Crippen molar-refractivity contribution in [3.8, 4) is 17.2 Å². The Bertz CT molecular complexity index is 944. The highest BCUT2D eigenvalue weighted by Gasteiger charge is 2.21. The SMILES string of the molecule is COC(=O)c1ccc(OCC(=O)N[C@@H](C)c2cc(OC)ccc2OC)c([N+](=O)[O-])c1. The van der Waals surface area contributed by atoms with Crippen molar-refractivity contribution in [2.75, 3.05) is 27.9 Å². The van der Waals surface area contributed by atoms with Gasteiger partial charge in [-0.05, 0) is 37.3 Å². The molecule has 2 aromatic rings. The lowest BCUT2D eigenvalue weighted by Gasteiger charge is -2.18. The molecule has 1 amide bonds. The molecule has 0 aliphatic rings. The Hall–Kier alpha value is -3.82. The normalized spacial score (nSPS) is 11.2. The van der Waals surface area contributed by atoms with E-state index in [1.807, 2.05) is 0 Å². The number of methoxy groups -OCH3 is 3. The minimum Gasteiger partial charge on any atom is -0.497 e. The van der Waals surface area contributed by atoms with Crippen molar-refractivity contribution in [2.45, 2.75) is 13.0 Å². The van der Waals surface area contributed by atoms with Gasteiger partial charge in [0.1, 0.15) is 11.5 Å². The number of rotatable bonds is 9. The first-order valence-electron chi connectivity index (χ1n) is 8.81. The number of ether oxygens (including phenoxy) is 4. The van der Waals surface area contributed by atoms with Gasteiger partial charge in [-0.3, -0.25) is 14.9 Å². The van der Waals surface area contributed by atoms with Crippen molar-refractivity contribution in [3.05, 3.63) is 57.6 Å². The zero-order chi connectivity index (χ0) is 22.3. The van der Waals surface area contributed by atoms with Gasteiger partial charge < -0.3 is 24.3 Å². The number of carbonyl (C=O) groups is 2. The predicted molar refractivity (Wildman–Crippen MR) is 106 cm³/mol. The molecule has 1 N–H and O–H groups in total. The van der Waals surface area contributed by atoms with Crippen LogP contribution in [0.1, 0.15) is 28.9 Å². The first kappa shape index (κ1) is 22.5. The van der Waals surface area contributed by atoms with Crippen LogP contribution in [0.15, 0.2) is 36.4 Å². The van der Waals surface area contributed by atoms with E-state index in [0.717, 1.165) is 6.07 Å². The maximum absolute atomic E-state index is 12.3. The predicted octanol–water partition coefficient (Wildman–Crippen LogP) is 2.65. The Balaban J connectivity index is 2.09. The van der Waals surface area contributed by atoms with Gasteiger partial charge in [-0.25, -0.2) is 4.79 Å². The van der Waals surface area contributed by atoms with Gasteiger partial charge >= 0.3 is 11.7 Å². The van der Waals surface area contributed by atoms with Crippen LogP contribution >= 0.6 is 0 Å². The van der Waals surface area contributed by atoms with Crippen molar-refractivity contribution < 1.29 is 33.5 Å². The van der Waals surface area contributed by atoms with Gasteiger partial charge in [-0.15, -0.1) is 0 Å². The van der Waals surface area contributed by atoms with Crippen LogP contribution in [0.2, 0.25) is 0 Å². The van der Waals surface area contributed by atoms with Gasteiger partial charge in [0.05, 0.1) is 37.9 Å². The van der Waals surface area contributed by atoms with Crippen molar-refractivity contribution in [2.24, 2.45) is 0 Å². The molecule has 0 bridgehead atoms. The first-order chi connectivity index (χ1) is 14.3. The van der Waals surface area contributed by atoms with Crippen LogP contribution in [0.4, 0.5) is 5.69 Å². The van der Waals surface area contributed by atoms with Gasteiger partial charge in [-0.2, -0.15) is 0 Å². The maximum atomic E-state index is 12.3. The fraction of sp³-hybridized carbons (Fsp3) is 0.300.